The van der Waals surface area contributed by atoms with Crippen LogP contribution in [-0.2, 0) is 11.3 Å². The fourth-order valence-corrected chi connectivity index (χ4v) is 3.83. The van der Waals surface area contributed by atoms with E-state index in [9.17, 15) is 4.79 Å². The summed E-state index contributed by atoms with van der Waals surface area (Å²) in [5.74, 6) is 1.03. The highest BCUT2D eigenvalue weighted by Crippen LogP contribution is 2.32. The van der Waals surface area contributed by atoms with Crippen molar-refractivity contribution in [1.82, 2.24) is 29.8 Å². The molecule has 1 aliphatic rings. The minimum atomic E-state index is -0.0624. The predicted octanol–water partition coefficient (Wildman–Crippen LogP) is 2.74. The van der Waals surface area contributed by atoms with Crippen molar-refractivity contribution in [3.8, 4) is 11.4 Å². The van der Waals surface area contributed by atoms with Crippen LogP contribution in [0.4, 0.5) is 5.69 Å². The second-order valence-electron chi connectivity index (χ2n) is 7.23. The van der Waals surface area contributed by atoms with Gasteiger partial charge < -0.3 is 9.84 Å². The van der Waals surface area contributed by atoms with Crippen LogP contribution < -0.4 is 5.32 Å². The summed E-state index contributed by atoms with van der Waals surface area (Å²) in [6.07, 6.45) is 5.26. The van der Waals surface area contributed by atoms with Gasteiger partial charge in [0.05, 0.1) is 29.7 Å². The van der Waals surface area contributed by atoms with Crippen LogP contribution in [0.2, 0.25) is 0 Å². The fraction of sp³-hybridized carbons (Fsp3) is 0.450. The molecule has 0 aliphatic carbocycles. The van der Waals surface area contributed by atoms with Crippen LogP contribution in [0.15, 0.2) is 29.0 Å². The van der Waals surface area contributed by atoms with E-state index in [0.29, 0.717) is 11.7 Å². The quantitative estimate of drug-likeness (QED) is 0.684. The van der Waals surface area contributed by atoms with Crippen LogP contribution >= 0.6 is 0 Å². The largest absolute Gasteiger partial charge is 0.337 e. The molecule has 0 radical (unpaired) electrons. The molecule has 0 unspecified atom stereocenters. The monoisotopic (exact) mass is 395 g/mol. The van der Waals surface area contributed by atoms with Gasteiger partial charge in [0.15, 0.2) is 0 Å². The Balaban J connectivity index is 1.45. The number of amides is 1. The molecule has 1 saturated heterocycles. The first-order chi connectivity index (χ1) is 14.1. The molecule has 29 heavy (non-hydrogen) atoms. The Hall–Kier alpha value is -3.07. The van der Waals surface area contributed by atoms with E-state index < -0.39 is 0 Å². The van der Waals surface area contributed by atoms with Crippen LogP contribution in [0.25, 0.3) is 11.4 Å². The number of carbonyl (C=O) groups is 1. The van der Waals surface area contributed by atoms with E-state index in [1.54, 1.807) is 12.4 Å². The second kappa shape index (κ2) is 8.12. The summed E-state index contributed by atoms with van der Waals surface area (Å²) in [6, 6.07) is 3.63. The van der Waals surface area contributed by atoms with Crippen molar-refractivity contribution >= 4 is 11.6 Å². The summed E-state index contributed by atoms with van der Waals surface area (Å²) in [5, 5.41) is 11.6. The summed E-state index contributed by atoms with van der Waals surface area (Å²) < 4.78 is 7.41. The first-order valence-corrected chi connectivity index (χ1v) is 9.88. The lowest BCUT2D eigenvalue weighted by molar-refractivity contribution is -0.117. The molecule has 1 fully saturated rings. The lowest BCUT2D eigenvalue weighted by Crippen LogP contribution is -2.33. The van der Waals surface area contributed by atoms with Crippen molar-refractivity contribution in [2.24, 2.45) is 0 Å². The summed E-state index contributed by atoms with van der Waals surface area (Å²) in [7, 11) is 0. The fourth-order valence-electron chi connectivity index (χ4n) is 3.83. The van der Waals surface area contributed by atoms with Crippen molar-refractivity contribution in [3.63, 3.8) is 0 Å². The van der Waals surface area contributed by atoms with Gasteiger partial charge in [-0.25, -0.2) is 0 Å². The lowest BCUT2D eigenvalue weighted by Gasteiger charge is -2.20. The number of aromatic nitrogens is 5. The highest BCUT2D eigenvalue weighted by atomic mass is 16.5. The summed E-state index contributed by atoms with van der Waals surface area (Å²) >= 11 is 0. The van der Waals surface area contributed by atoms with Gasteiger partial charge in [0, 0.05) is 24.5 Å². The Morgan fingerprint density at radius 3 is 2.83 bits per heavy atom. The number of rotatable bonds is 6. The second-order valence-corrected chi connectivity index (χ2v) is 7.23. The zero-order valence-corrected chi connectivity index (χ0v) is 16.9. The molecule has 9 heteroatoms. The summed E-state index contributed by atoms with van der Waals surface area (Å²) in [5.41, 5.74) is 3.45. The number of anilines is 1. The van der Waals surface area contributed by atoms with Crippen LogP contribution in [0.3, 0.4) is 0 Å². The highest BCUT2D eigenvalue weighted by molar-refractivity contribution is 5.93. The maximum atomic E-state index is 12.7. The molecule has 152 valence electrons. The number of hydrogen-bond donors (Lipinski definition) is 1. The van der Waals surface area contributed by atoms with Crippen molar-refractivity contribution in [2.75, 3.05) is 18.4 Å². The molecule has 0 aromatic carbocycles. The van der Waals surface area contributed by atoms with Crippen LogP contribution in [-0.4, -0.2) is 48.8 Å². The maximum absolute atomic E-state index is 12.7. The summed E-state index contributed by atoms with van der Waals surface area (Å²) in [4.78, 5) is 23.4. The minimum absolute atomic E-state index is 0.0515. The van der Waals surface area contributed by atoms with E-state index in [1.807, 2.05) is 37.6 Å². The molecule has 3 aromatic heterocycles. The van der Waals surface area contributed by atoms with Crippen molar-refractivity contribution in [3.05, 3.63) is 41.8 Å². The van der Waals surface area contributed by atoms with Gasteiger partial charge in [0.2, 0.25) is 17.6 Å². The van der Waals surface area contributed by atoms with Gasteiger partial charge in [0.25, 0.3) is 0 Å². The SMILES string of the molecule is CCn1nc(C)c(NC(=O)CN2CCC[C@@H]2c2nc(-c3ccncc3)no2)c1C. The van der Waals surface area contributed by atoms with Gasteiger partial charge in [-0.15, -0.1) is 0 Å². The van der Waals surface area contributed by atoms with E-state index in [4.69, 9.17) is 4.52 Å². The van der Waals surface area contributed by atoms with Gasteiger partial charge in [-0.3, -0.25) is 19.4 Å². The van der Waals surface area contributed by atoms with Gasteiger partial charge in [-0.1, -0.05) is 5.16 Å². The summed E-state index contributed by atoms with van der Waals surface area (Å²) in [6.45, 7) is 7.77. The van der Waals surface area contributed by atoms with Crippen LogP contribution in [0.1, 0.15) is 43.1 Å². The molecular formula is C20H25N7O2. The van der Waals surface area contributed by atoms with E-state index in [2.05, 4.69) is 30.4 Å². The average Bonchev–Trinajstić information content (AvgIpc) is 3.44. The Labute approximate surface area is 169 Å². The molecule has 1 N–H and O–H groups in total. The Kier molecular flexibility index (Phi) is 5.39. The first-order valence-electron chi connectivity index (χ1n) is 9.88. The molecule has 0 spiro atoms. The zero-order valence-electron chi connectivity index (χ0n) is 16.9. The molecule has 4 rings (SSSR count). The number of pyridine rings is 1. The zero-order chi connectivity index (χ0) is 20.4. The van der Waals surface area contributed by atoms with E-state index in [1.165, 1.54) is 0 Å². The Morgan fingerprint density at radius 1 is 1.31 bits per heavy atom. The van der Waals surface area contributed by atoms with Crippen molar-refractivity contribution in [2.45, 2.75) is 46.2 Å². The van der Waals surface area contributed by atoms with Crippen molar-refractivity contribution in [1.29, 1.82) is 0 Å². The highest BCUT2D eigenvalue weighted by Gasteiger charge is 2.32. The maximum Gasteiger partial charge on any atom is 0.244 e. The van der Waals surface area contributed by atoms with E-state index in [0.717, 1.165) is 48.6 Å². The molecule has 4 heterocycles. The minimum Gasteiger partial charge on any atom is -0.337 e. The molecule has 9 nitrogen and oxygen atoms in total. The van der Waals surface area contributed by atoms with E-state index in [-0.39, 0.29) is 18.5 Å². The predicted molar refractivity (Wildman–Crippen MR) is 107 cm³/mol. The number of nitrogens with zero attached hydrogens (tertiary/aromatic N) is 6. The van der Waals surface area contributed by atoms with Crippen LogP contribution in [0, 0.1) is 13.8 Å². The molecule has 0 bridgehead atoms. The number of carbonyl (C=O) groups excluding carboxylic acids is 1. The molecule has 3 aromatic rings. The molecule has 1 aliphatic heterocycles. The molecule has 1 amide bonds. The number of nitrogens with one attached hydrogen (secondary N) is 1. The normalized spacial score (nSPS) is 17.0. The Morgan fingerprint density at radius 2 is 2.10 bits per heavy atom. The lowest BCUT2D eigenvalue weighted by atomic mass is 10.2. The van der Waals surface area contributed by atoms with Crippen LogP contribution in [0.5, 0.6) is 0 Å². The first kappa shape index (κ1) is 19.3. The number of aryl methyl sites for hydroxylation is 2. The standard InChI is InChI=1S/C20H25N7O2/c1-4-27-14(3)18(13(2)24-27)22-17(28)12-26-11-5-6-16(26)20-23-19(25-29-20)15-7-9-21-10-8-15/h7-10,16H,4-6,11-12H2,1-3H3,(H,22,28)/t16-/m1/s1. The number of likely N-dealkylation sites (tertiary alicyclic amines) is 1. The average molecular weight is 395 g/mol. The van der Waals surface area contributed by atoms with Gasteiger partial charge in [-0.2, -0.15) is 10.1 Å². The van der Waals surface area contributed by atoms with Crippen molar-refractivity contribution < 1.29 is 9.32 Å². The third-order valence-corrected chi connectivity index (χ3v) is 5.32. The smallest absolute Gasteiger partial charge is 0.244 e. The number of hydrogen-bond acceptors (Lipinski definition) is 7. The Bertz CT molecular complexity index is 996. The molecular weight excluding hydrogens is 370 g/mol. The van der Waals surface area contributed by atoms with Gasteiger partial charge in [-0.05, 0) is 52.3 Å². The van der Waals surface area contributed by atoms with Gasteiger partial charge in [0.1, 0.15) is 0 Å². The van der Waals surface area contributed by atoms with E-state index >= 15 is 0 Å². The molecule has 1 atom stereocenters. The molecule has 0 saturated carbocycles. The third kappa shape index (κ3) is 3.91. The topological polar surface area (TPSA) is 102 Å². The third-order valence-electron chi connectivity index (χ3n) is 5.32. The van der Waals surface area contributed by atoms with Gasteiger partial charge >= 0.3 is 0 Å².